The van der Waals surface area contributed by atoms with Crippen molar-refractivity contribution in [2.45, 2.75) is 25.8 Å². The summed E-state index contributed by atoms with van der Waals surface area (Å²) in [6, 6.07) is 11.6. The first kappa shape index (κ1) is 17.9. The lowest BCUT2D eigenvalue weighted by atomic mass is 10.2. The van der Waals surface area contributed by atoms with E-state index in [0.29, 0.717) is 18.7 Å². The molecule has 1 aromatic heterocycles. The Morgan fingerprint density at radius 3 is 2.35 bits per heavy atom. The number of aromatic nitrogens is 1. The van der Waals surface area contributed by atoms with E-state index in [4.69, 9.17) is 0 Å². The Labute approximate surface area is 153 Å². The lowest BCUT2D eigenvalue weighted by molar-refractivity contribution is -0.121. The van der Waals surface area contributed by atoms with Crippen molar-refractivity contribution in [1.82, 2.24) is 15.6 Å². The fourth-order valence-corrected chi connectivity index (χ4v) is 2.98. The van der Waals surface area contributed by atoms with Gasteiger partial charge in [0.2, 0.25) is 5.91 Å². The molecule has 2 N–H and O–H groups in total. The molecule has 0 bridgehead atoms. The molecule has 0 aliphatic carbocycles. The Morgan fingerprint density at radius 1 is 0.962 bits per heavy atom. The largest absolute Gasteiger partial charge is 0.372 e. The molecule has 0 radical (unpaired) electrons. The topological polar surface area (TPSA) is 74.3 Å². The number of hydrogen-bond acceptors (Lipinski definition) is 4. The minimum Gasteiger partial charge on any atom is -0.372 e. The van der Waals surface area contributed by atoms with Gasteiger partial charge in [0.05, 0.1) is 0 Å². The number of hydrogen-bond donors (Lipinski definition) is 2. The van der Waals surface area contributed by atoms with Crippen molar-refractivity contribution in [2.24, 2.45) is 0 Å². The number of carbonyl (C=O) groups excluding carboxylic acids is 2. The van der Waals surface area contributed by atoms with E-state index in [2.05, 4.69) is 44.8 Å². The van der Waals surface area contributed by atoms with Gasteiger partial charge in [-0.25, -0.2) is 0 Å². The molecule has 0 spiro atoms. The first-order valence-corrected chi connectivity index (χ1v) is 9.01. The SMILES string of the molecule is O=C(CCNC(=O)c1ccncc1)NCc1ccc(N2CCCC2)cc1. The van der Waals surface area contributed by atoms with E-state index >= 15 is 0 Å². The summed E-state index contributed by atoms with van der Waals surface area (Å²) < 4.78 is 0. The van der Waals surface area contributed by atoms with Gasteiger partial charge >= 0.3 is 0 Å². The highest BCUT2D eigenvalue weighted by Crippen LogP contribution is 2.20. The van der Waals surface area contributed by atoms with E-state index in [1.807, 2.05) is 0 Å². The van der Waals surface area contributed by atoms with Crippen LogP contribution in [0, 0.1) is 0 Å². The van der Waals surface area contributed by atoms with Crippen LogP contribution in [0.1, 0.15) is 35.2 Å². The third-order valence-electron chi connectivity index (χ3n) is 4.48. The zero-order chi connectivity index (χ0) is 18.2. The molecule has 0 saturated carbocycles. The Balaban J connectivity index is 1.36. The lowest BCUT2D eigenvalue weighted by Gasteiger charge is -2.17. The molecule has 1 aromatic carbocycles. The number of amides is 2. The summed E-state index contributed by atoms with van der Waals surface area (Å²) in [5.74, 6) is -0.277. The Hall–Kier alpha value is -2.89. The van der Waals surface area contributed by atoms with E-state index < -0.39 is 0 Å². The van der Waals surface area contributed by atoms with Crippen LogP contribution in [0.5, 0.6) is 0 Å². The molecule has 1 aliphatic rings. The van der Waals surface area contributed by atoms with Gasteiger partial charge in [-0.2, -0.15) is 0 Å². The Bertz CT molecular complexity index is 725. The van der Waals surface area contributed by atoms with Gasteiger partial charge in [0.25, 0.3) is 5.91 Å². The van der Waals surface area contributed by atoms with Gasteiger partial charge in [0.15, 0.2) is 0 Å². The van der Waals surface area contributed by atoms with Crippen LogP contribution in [0.15, 0.2) is 48.8 Å². The van der Waals surface area contributed by atoms with E-state index in [-0.39, 0.29) is 18.2 Å². The minimum atomic E-state index is -0.197. The molecule has 1 fully saturated rings. The molecule has 3 rings (SSSR count). The number of nitrogens with one attached hydrogen (secondary N) is 2. The van der Waals surface area contributed by atoms with Crippen molar-refractivity contribution in [2.75, 3.05) is 24.5 Å². The molecule has 1 aliphatic heterocycles. The predicted octanol–water partition coefficient (Wildman–Crippen LogP) is 2.12. The molecule has 2 aromatic rings. The van der Waals surface area contributed by atoms with Gasteiger partial charge in [-0.05, 0) is 42.7 Å². The van der Waals surface area contributed by atoms with Gasteiger partial charge in [-0.1, -0.05) is 12.1 Å². The van der Waals surface area contributed by atoms with Crippen LogP contribution in [0.4, 0.5) is 5.69 Å². The fraction of sp³-hybridized carbons (Fsp3) is 0.350. The van der Waals surface area contributed by atoms with Crippen LogP contribution in [0.3, 0.4) is 0 Å². The molecule has 6 heteroatoms. The van der Waals surface area contributed by atoms with Crippen molar-refractivity contribution in [3.63, 3.8) is 0 Å². The summed E-state index contributed by atoms with van der Waals surface area (Å²) in [7, 11) is 0. The van der Waals surface area contributed by atoms with Crippen molar-refractivity contribution in [3.8, 4) is 0 Å². The molecular weight excluding hydrogens is 328 g/mol. The molecule has 1 saturated heterocycles. The summed E-state index contributed by atoms with van der Waals surface area (Å²) >= 11 is 0. The average molecular weight is 352 g/mol. The zero-order valence-corrected chi connectivity index (χ0v) is 14.8. The molecule has 2 heterocycles. The van der Waals surface area contributed by atoms with E-state index in [1.165, 1.54) is 18.5 Å². The van der Waals surface area contributed by atoms with Gasteiger partial charge in [-0.3, -0.25) is 14.6 Å². The number of carbonyl (C=O) groups is 2. The number of nitrogens with zero attached hydrogens (tertiary/aromatic N) is 2. The quantitative estimate of drug-likeness (QED) is 0.800. The van der Waals surface area contributed by atoms with Crippen LogP contribution in [0.2, 0.25) is 0 Å². The van der Waals surface area contributed by atoms with E-state index in [0.717, 1.165) is 18.7 Å². The minimum absolute atomic E-state index is 0.0800. The molecule has 0 atom stereocenters. The van der Waals surface area contributed by atoms with Gasteiger partial charge in [0, 0.05) is 56.2 Å². The highest BCUT2D eigenvalue weighted by atomic mass is 16.2. The Morgan fingerprint density at radius 2 is 1.65 bits per heavy atom. The smallest absolute Gasteiger partial charge is 0.251 e. The number of anilines is 1. The molecule has 136 valence electrons. The maximum absolute atomic E-state index is 11.9. The number of rotatable bonds is 7. The van der Waals surface area contributed by atoms with Gasteiger partial charge in [-0.15, -0.1) is 0 Å². The van der Waals surface area contributed by atoms with Crippen LogP contribution in [0.25, 0.3) is 0 Å². The highest BCUT2D eigenvalue weighted by molar-refractivity contribution is 5.94. The van der Waals surface area contributed by atoms with E-state index in [1.54, 1.807) is 24.5 Å². The summed E-state index contributed by atoms with van der Waals surface area (Å²) in [6.07, 6.45) is 5.90. The lowest BCUT2D eigenvalue weighted by Crippen LogP contribution is -2.30. The maximum atomic E-state index is 11.9. The molecule has 0 unspecified atom stereocenters. The van der Waals surface area contributed by atoms with Crippen molar-refractivity contribution in [3.05, 3.63) is 59.9 Å². The second kappa shape index (κ2) is 8.99. The second-order valence-corrected chi connectivity index (χ2v) is 6.38. The van der Waals surface area contributed by atoms with Crippen LogP contribution in [-0.4, -0.2) is 36.4 Å². The molecule has 6 nitrogen and oxygen atoms in total. The molecule has 2 amide bonds. The first-order valence-electron chi connectivity index (χ1n) is 9.01. The highest BCUT2D eigenvalue weighted by Gasteiger charge is 2.12. The van der Waals surface area contributed by atoms with E-state index in [9.17, 15) is 9.59 Å². The monoisotopic (exact) mass is 352 g/mol. The Kier molecular flexibility index (Phi) is 6.19. The standard InChI is InChI=1S/C20H24N4O2/c25-19(9-12-22-20(26)17-7-10-21-11-8-17)23-15-16-3-5-18(6-4-16)24-13-1-2-14-24/h3-8,10-11H,1-2,9,12-15H2,(H,22,26)(H,23,25). The zero-order valence-electron chi connectivity index (χ0n) is 14.8. The van der Waals surface area contributed by atoms with Crippen molar-refractivity contribution in [1.29, 1.82) is 0 Å². The third-order valence-corrected chi connectivity index (χ3v) is 4.48. The average Bonchev–Trinajstić information content (AvgIpc) is 3.22. The van der Waals surface area contributed by atoms with Crippen LogP contribution < -0.4 is 15.5 Å². The van der Waals surface area contributed by atoms with Gasteiger partial charge < -0.3 is 15.5 Å². The summed E-state index contributed by atoms with van der Waals surface area (Å²) in [4.78, 5) is 30.1. The molecule has 26 heavy (non-hydrogen) atoms. The van der Waals surface area contributed by atoms with Crippen molar-refractivity contribution >= 4 is 17.5 Å². The maximum Gasteiger partial charge on any atom is 0.251 e. The van der Waals surface area contributed by atoms with Crippen molar-refractivity contribution < 1.29 is 9.59 Å². The summed E-state index contributed by atoms with van der Waals surface area (Å²) in [5.41, 5.74) is 2.86. The summed E-state index contributed by atoms with van der Waals surface area (Å²) in [5, 5.41) is 5.62. The second-order valence-electron chi connectivity index (χ2n) is 6.38. The van der Waals surface area contributed by atoms with Gasteiger partial charge in [0.1, 0.15) is 0 Å². The number of benzene rings is 1. The normalized spacial score (nSPS) is 13.5. The number of pyridine rings is 1. The summed E-state index contributed by atoms with van der Waals surface area (Å²) in [6.45, 7) is 3.06. The third kappa shape index (κ3) is 5.05. The first-order chi connectivity index (χ1) is 12.7. The molecular formula is C20H24N4O2. The predicted molar refractivity (Wildman–Crippen MR) is 101 cm³/mol. The fourth-order valence-electron chi connectivity index (χ4n) is 2.98. The van der Waals surface area contributed by atoms with Crippen LogP contribution in [-0.2, 0) is 11.3 Å². The van der Waals surface area contributed by atoms with Crippen LogP contribution >= 0.6 is 0 Å².